The molecule has 4 rings (SSSR count). The second-order valence-electron chi connectivity index (χ2n) is 7.05. The molecule has 4 aromatic rings. The summed E-state index contributed by atoms with van der Waals surface area (Å²) in [5.74, 6) is -0.388. The van der Waals surface area contributed by atoms with Crippen LogP contribution in [0.15, 0.2) is 64.1 Å². The molecule has 0 amide bonds. The van der Waals surface area contributed by atoms with Crippen LogP contribution in [0.1, 0.15) is 16.7 Å². The van der Waals surface area contributed by atoms with Crippen LogP contribution in [-0.4, -0.2) is 55.0 Å². The summed E-state index contributed by atoms with van der Waals surface area (Å²) in [6, 6.07) is 11.0. The predicted molar refractivity (Wildman–Crippen MR) is 126 cm³/mol. The summed E-state index contributed by atoms with van der Waals surface area (Å²) in [7, 11) is -2.69. The van der Waals surface area contributed by atoms with Crippen molar-refractivity contribution in [2.45, 2.75) is 13.3 Å². The maximum Gasteiger partial charge on any atom is 0.340 e. The van der Waals surface area contributed by atoms with Crippen molar-refractivity contribution in [3.05, 3.63) is 87.8 Å². The van der Waals surface area contributed by atoms with Gasteiger partial charge in [0.15, 0.2) is 5.82 Å². The van der Waals surface area contributed by atoms with Gasteiger partial charge in [-0.15, -0.1) is 0 Å². The fourth-order valence-corrected chi connectivity index (χ4v) is 3.82. The second kappa shape index (κ2) is 10.6. The van der Waals surface area contributed by atoms with Gasteiger partial charge in [-0.1, -0.05) is 12.1 Å². The Labute approximate surface area is 216 Å². The maximum absolute atomic E-state index is 14.9. The number of anilines is 1. The Bertz CT molecular complexity index is 1500. The molecule has 0 spiro atoms. The molecule has 0 saturated carbocycles. The summed E-state index contributed by atoms with van der Waals surface area (Å²) in [5.41, 5.74) is 0.454. The van der Waals surface area contributed by atoms with Crippen molar-refractivity contribution in [2.24, 2.45) is 0 Å². The van der Waals surface area contributed by atoms with Crippen molar-refractivity contribution in [2.75, 3.05) is 11.8 Å². The normalized spacial score (nSPS) is 11.1. The molecule has 171 valence electrons. The number of hydrogen-bond donors (Lipinski definition) is 2. The molecule has 2 heterocycles. The number of fused-ring (bicyclic) bond motifs is 1. The van der Waals surface area contributed by atoms with Gasteiger partial charge in [0, 0.05) is 72.4 Å². The summed E-state index contributed by atoms with van der Waals surface area (Å²) in [6.07, 6.45) is 3.00. The van der Waals surface area contributed by atoms with E-state index < -0.39 is 21.7 Å². The van der Waals surface area contributed by atoms with Crippen molar-refractivity contribution < 1.29 is 22.0 Å². The zero-order valence-corrected chi connectivity index (χ0v) is 21.4. The van der Waals surface area contributed by atoms with E-state index in [4.69, 9.17) is 9.15 Å². The van der Waals surface area contributed by atoms with Crippen molar-refractivity contribution in [3.63, 3.8) is 0 Å². The third kappa shape index (κ3) is 5.62. The van der Waals surface area contributed by atoms with Gasteiger partial charge < -0.3 is 9.15 Å². The van der Waals surface area contributed by atoms with Crippen molar-refractivity contribution in [1.82, 2.24) is 14.7 Å². The molecule has 0 aliphatic heterocycles. The minimum absolute atomic E-state index is 0. The molecule has 2 aromatic heterocycles. The molecule has 0 unspecified atom stereocenters. The van der Waals surface area contributed by atoms with Crippen molar-refractivity contribution in [1.29, 1.82) is 0 Å². The van der Waals surface area contributed by atoms with Crippen LogP contribution in [0.2, 0.25) is 0 Å². The summed E-state index contributed by atoms with van der Waals surface area (Å²) >= 11 is 0. The monoisotopic (exact) mass is 493 g/mol. The largest absolute Gasteiger partial charge is 0.424 e. The van der Waals surface area contributed by atoms with Gasteiger partial charge in [-0.3, -0.25) is 4.72 Å². The van der Waals surface area contributed by atoms with Gasteiger partial charge in [0.25, 0.3) is 10.2 Å². The topological polar surface area (TPSA) is 123 Å². The number of hydrogen-bond acceptors (Lipinski definition) is 7. The molecule has 9 nitrogen and oxygen atoms in total. The molecular weight excluding hydrogens is 474 g/mol. The first-order valence-electron chi connectivity index (χ1n) is 9.77. The van der Waals surface area contributed by atoms with E-state index in [0.717, 1.165) is 0 Å². The van der Waals surface area contributed by atoms with Gasteiger partial charge in [0.2, 0.25) is 0 Å². The summed E-state index contributed by atoms with van der Waals surface area (Å²) in [4.78, 5) is 20.7. The molecule has 1 radical (unpaired) electrons. The van der Waals surface area contributed by atoms with Gasteiger partial charge >= 0.3 is 11.6 Å². The Morgan fingerprint density at radius 1 is 1.12 bits per heavy atom. The quantitative estimate of drug-likeness (QED) is 0.300. The molecule has 0 saturated heterocycles. The van der Waals surface area contributed by atoms with Crippen LogP contribution in [0.3, 0.4) is 0 Å². The number of aryl methyl sites for hydroxylation is 1. The molecular formula is C22H19FN4NaO5S. The SMILES string of the molecule is CNS(=O)(=O)Nc1cccc(Cc2c(C)c3ccc(Oc4ncccn4)cc3oc2=O)c1F.[Na]. The first kappa shape index (κ1) is 25.8. The third-order valence-corrected chi connectivity index (χ3v) is 6.00. The van der Waals surface area contributed by atoms with Crippen LogP contribution in [0, 0.1) is 12.7 Å². The van der Waals surface area contributed by atoms with Gasteiger partial charge in [-0.25, -0.2) is 23.9 Å². The Hall–Kier alpha value is -2.83. The molecule has 2 aromatic carbocycles. The molecule has 0 aliphatic rings. The second-order valence-corrected chi connectivity index (χ2v) is 8.67. The van der Waals surface area contributed by atoms with Crippen LogP contribution in [-0.2, 0) is 16.6 Å². The third-order valence-electron chi connectivity index (χ3n) is 4.97. The van der Waals surface area contributed by atoms with Crippen LogP contribution >= 0.6 is 0 Å². The van der Waals surface area contributed by atoms with Crippen LogP contribution in [0.4, 0.5) is 10.1 Å². The predicted octanol–water partition coefficient (Wildman–Crippen LogP) is 2.91. The van der Waals surface area contributed by atoms with E-state index in [-0.39, 0.29) is 58.8 Å². The summed E-state index contributed by atoms with van der Waals surface area (Å²) in [6.45, 7) is 1.74. The van der Waals surface area contributed by atoms with E-state index in [1.165, 1.54) is 37.6 Å². The first-order valence-corrected chi connectivity index (χ1v) is 11.3. The summed E-state index contributed by atoms with van der Waals surface area (Å²) < 4.78 is 53.6. The van der Waals surface area contributed by atoms with Gasteiger partial charge in [0.05, 0.1) is 5.69 Å². The number of rotatable bonds is 7. The van der Waals surface area contributed by atoms with E-state index in [1.807, 2.05) is 0 Å². The maximum atomic E-state index is 14.9. The molecule has 0 bridgehead atoms. The molecule has 0 fully saturated rings. The van der Waals surface area contributed by atoms with Gasteiger partial charge in [-0.05, 0) is 42.3 Å². The fourth-order valence-electron chi connectivity index (χ4n) is 3.27. The van der Waals surface area contributed by atoms with E-state index in [9.17, 15) is 17.6 Å². The average molecular weight is 493 g/mol. The minimum atomic E-state index is -3.90. The standard InChI is InChI=1S/C22H19FN4O5S.Na/c1-13-16-8-7-15(31-22-25-9-4-10-26-22)12-19(16)32-21(28)17(13)11-14-5-3-6-18(20(14)23)27-33(29,30)24-2;/h3-10,12,24,27H,11H2,1-2H3;. The van der Waals surface area contributed by atoms with Gasteiger partial charge in [-0.2, -0.15) is 8.42 Å². The van der Waals surface area contributed by atoms with Crippen LogP contribution in [0.5, 0.6) is 11.8 Å². The number of ether oxygens (including phenoxy) is 1. The molecule has 0 atom stereocenters. The minimum Gasteiger partial charge on any atom is -0.424 e. The van der Waals surface area contributed by atoms with E-state index >= 15 is 0 Å². The van der Waals surface area contributed by atoms with E-state index in [0.29, 0.717) is 22.3 Å². The van der Waals surface area contributed by atoms with Gasteiger partial charge in [0.1, 0.15) is 11.3 Å². The number of benzene rings is 2. The van der Waals surface area contributed by atoms with Crippen LogP contribution in [0.25, 0.3) is 11.0 Å². The fraction of sp³-hybridized carbons (Fsp3) is 0.136. The summed E-state index contributed by atoms with van der Waals surface area (Å²) in [5, 5.41) is 0.651. The zero-order chi connectivity index (χ0) is 23.6. The number of nitrogens with one attached hydrogen (secondary N) is 2. The smallest absolute Gasteiger partial charge is 0.340 e. The number of aromatic nitrogens is 2. The first-order chi connectivity index (χ1) is 15.8. The Kier molecular flexibility index (Phi) is 8.05. The molecule has 2 N–H and O–H groups in total. The zero-order valence-electron chi connectivity index (χ0n) is 18.6. The molecule has 12 heteroatoms. The number of halogens is 1. The Balaban J connectivity index is 0.00000324. The number of nitrogens with zero attached hydrogens (tertiary/aromatic N) is 2. The van der Waals surface area contributed by atoms with Crippen molar-refractivity contribution >= 4 is 56.4 Å². The molecule has 0 aliphatic carbocycles. The average Bonchev–Trinajstić information content (AvgIpc) is 2.79. The van der Waals surface area contributed by atoms with E-state index in [1.54, 1.807) is 31.2 Å². The van der Waals surface area contributed by atoms with Crippen molar-refractivity contribution in [3.8, 4) is 11.8 Å². The molecule has 34 heavy (non-hydrogen) atoms. The Morgan fingerprint density at radius 3 is 2.56 bits per heavy atom. The van der Waals surface area contributed by atoms with Crippen LogP contribution < -0.4 is 19.8 Å². The van der Waals surface area contributed by atoms with E-state index in [2.05, 4.69) is 19.4 Å². The Morgan fingerprint density at radius 2 is 1.85 bits per heavy atom.